The summed E-state index contributed by atoms with van der Waals surface area (Å²) in [6.45, 7) is 5.28. The van der Waals surface area contributed by atoms with Gasteiger partial charge in [0.25, 0.3) is 0 Å². The molecule has 1 unspecified atom stereocenters. The molecule has 1 N–H and O–H groups in total. The molecular weight excluding hydrogens is 284 g/mol. The topological polar surface area (TPSA) is 63.8 Å². The van der Waals surface area contributed by atoms with Gasteiger partial charge in [-0.15, -0.1) is 11.3 Å². The van der Waals surface area contributed by atoms with Gasteiger partial charge in [0.1, 0.15) is 0 Å². The van der Waals surface area contributed by atoms with Crippen molar-refractivity contribution in [3.63, 3.8) is 0 Å². The van der Waals surface area contributed by atoms with Crippen LogP contribution in [0.1, 0.15) is 26.2 Å². The summed E-state index contributed by atoms with van der Waals surface area (Å²) in [6.07, 6.45) is 3.65. The van der Waals surface area contributed by atoms with Crippen LogP contribution in [-0.4, -0.2) is 27.7 Å². The molecule has 0 amide bonds. The number of nitrogens with zero attached hydrogens (tertiary/aromatic N) is 3. The summed E-state index contributed by atoms with van der Waals surface area (Å²) in [6, 6.07) is 4.39. The largest absolute Gasteiger partial charge is 0.339 e. The van der Waals surface area contributed by atoms with Crippen molar-refractivity contribution in [2.75, 3.05) is 6.54 Å². The lowest BCUT2D eigenvalue weighted by atomic mass is 10.2. The zero-order valence-corrected chi connectivity index (χ0v) is 13.0. The van der Waals surface area contributed by atoms with Crippen molar-refractivity contribution in [2.24, 2.45) is 0 Å². The summed E-state index contributed by atoms with van der Waals surface area (Å²) in [5, 5.41) is 9.51. The number of aromatic nitrogens is 3. The average molecular weight is 302 g/mol. The number of pyridine rings is 1. The number of hydrogen-bond acceptors (Lipinski definition) is 6. The fourth-order valence-electron chi connectivity index (χ4n) is 2.15. The first-order valence-electron chi connectivity index (χ1n) is 7.16. The third-order valence-corrected chi connectivity index (χ3v) is 4.11. The molecule has 3 heterocycles. The Balaban J connectivity index is 1.74. The molecule has 21 heavy (non-hydrogen) atoms. The highest BCUT2D eigenvalue weighted by molar-refractivity contribution is 7.17. The Morgan fingerprint density at radius 1 is 1.43 bits per heavy atom. The lowest BCUT2D eigenvalue weighted by Crippen LogP contribution is -2.28. The summed E-state index contributed by atoms with van der Waals surface area (Å²) in [7, 11) is 0. The third-order valence-electron chi connectivity index (χ3n) is 3.25. The second-order valence-electron chi connectivity index (χ2n) is 5.10. The predicted molar refractivity (Wildman–Crippen MR) is 84.4 cm³/mol. The maximum atomic E-state index is 5.34. The van der Waals surface area contributed by atoms with E-state index in [2.05, 4.69) is 40.4 Å². The molecule has 0 spiro atoms. The molecule has 0 saturated heterocycles. The molecule has 1 atom stereocenters. The lowest BCUT2D eigenvalue weighted by molar-refractivity contribution is 0.362. The van der Waals surface area contributed by atoms with Crippen LogP contribution in [0.15, 0.2) is 28.2 Å². The van der Waals surface area contributed by atoms with E-state index in [4.69, 9.17) is 4.52 Å². The van der Waals surface area contributed by atoms with E-state index in [0.29, 0.717) is 17.8 Å². The highest BCUT2D eigenvalue weighted by Crippen LogP contribution is 2.24. The smallest absolute Gasteiger partial charge is 0.228 e. The van der Waals surface area contributed by atoms with Crippen molar-refractivity contribution in [3.05, 3.63) is 29.6 Å². The Hall–Kier alpha value is -1.79. The number of hydrogen-bond donors (Lipinski definition) is 1. The normalized spacial score (nSPS) is 12.9. The van der Waals surface area contributed by atoms with Gasteiger partial charge in [0.2, 0.25) is 11.7 Å². The van der Waals surface area contributed by atoms with Gasteiger partial charge in [-0.05, 0) is 37.4 Å². The summed E-state index contributed by atoms with van der Waals surface area (Å²) in [5.74, 6) is 1.27. The first-order valence-corrected chi connectivity index (χ1v) is 8.04. The zero-order chi connectivity index (χ0) is 14.7. The first kappa shape index (κ1) is 14.2. The molecule has 0 fully saturated rings. The van der Waals surface area contributed by atoms with E-state index < -0.39 is 0 Å². The molecule has 3 aromatic rings. The van der Waals surface area contributed by atoms with Crippen molar-refractivity contribution in [1.82, 2.24) is 20.4 Å². The first-order chi connectivity index (χ1) is 10.3. The van der Waals surface area contributed by atoms with E-state index in [9.17, 15) is 0 Å². The van der Waals surface area contributed by atoms with E-state index in [-0.39, 0.29) is 0 Å². The van der Waals surface area contributed by atoms with Crippen LogP contribution in [-0.2, 0) is 6.42 Å². The number of thiophene rings is 1. The lowest BCUT2D eigenvalue weighted by Gasteiger charge is -2.09. The van der Waals surface area contributed by atoms with E-state index in [0.717, 1.165) is 35.2 Å². The number of fused-ring (bicyclic) bond motifs is 1. The van der Waals surface area contributed by atoms with E-state index in [1.165, 1.54) is 0 Å². The summed E-state index contributed by atoms with van der Waals surface area (Å²) >= 11 is 1.66. The molecule has 3 rings (SSSR count). The third kappa shape index (κ3) is 3.28. The Bertz CT molecular complexity index is 721. The van der Waals surface area contributed by atoms with Gasteiger partial charge in [0, 0.05) is 24.2 Å². The van der Waals surface area contributed by atoms with Crippen LogP contribution >= 0.6 is 11.3 Å². The minimum absolute atomic E-state index is 0.330. The number of rotatable bonds is 6. The van der Waals surface area contributed by atoms with Gasteiger partial charge in [0.05, 0.1) is 10.2 Å². The minimum atomic E-state index is 0.330. The highest BCUT2D eigenvalue weighted by Gasteiger charge is 2.12. The van der Waals surface area contributed by atoms with Crippen LogP contribution < -0.4 is 5.32 Å². The average Bonchev–Trinajstić information content (AvgIpc) is 3.12. The fraction of sp³-hybridized carbons (Fsp3) is 0.400. The molecule has 0 aliphatic rings. The second-order valence-corrected chi connectivity index (χ2v) is 6.05. The van der Waals surface area contributed by atoms with Crippen LogP contribution in [0.4, 0.5) is 0 Å². The monoisotopic (exact) mass is 302 g/mol. The van der Waals surface area contributed by atoms with Crippen molar-refractivity contribution >= 4 is 21.6 Å². The van der Waals surface area contributed by atoms with Crippen LogP contribution in [0.5, 0.6) is 0 Å². The predicted octanol–water partition coefficient (Wildman–Crippen LogP) is 3.28. The quantitative estimate of drug-likeness (QED) is 0.757. The molecular formula is C15H18N4OS. The fourth-order valence-corrected chi connectivity index (χ4v) is 2.93. The van der Waals surface area contributed by atoms with Crippen LogP contribution in [0.2, 0.25) is 0 Å². The highest BCUT2D eigenvalue weighted by atomic mass is 32.1. The van der Waals surface area contributed by atoms with Crippen LogP contribution in [0.25, 0.3) is 21.6 Å². The van der Waals surface area contributed by atoms with Crippen LogP contribution in [0.3, 0.4) is 0 Å². The molecule has 0 saturated carbocycles. The van der Waals surface area contributed by atoms with Crippen molar-refractivity contribution in [3.8, 4) is 11.4 Å². The summed E-state index contributed by atoms with van der Waals surface area (Å²) in [4.78, 5) is 8.87. The maximum Gasteiger partial charge on any atom is 0.228 e. The zero-order valence-electron chi connectivity index (χ0n) is 12.2. The minimum Gasteiger partial charge on any atom is -0.339 e. The SMILES string of the molecule is CCCNC(C)Cc1nc(-c2cnc3ccsc3c2)no1. The molecule has 110 valence electrons. The molecule has 0 aliphatic heterocycles. The summed E-state index contributed by atoms with van der Waals surface area (Å²) < 4.78 is 6.47. The van der Waals surface area contributed by atoms with Crippen LogP contribution in [0, 0.1) is 0 Å². The molecule has 0 aromatic carbocycles. The van der Waals surface area contributed by atoms with Gasteiger partial charge in [-0.25, -0.2) is 0 Å². The molecule has 0 aliphatic carbocycles. The van der Waals surface area contributed by atoms with Gasteiger partial charge in [-0.2, -0.15) is 4.98 Å². The standard InChI is InChI=1S/C15H18N4OS/c1-3-5-16-10(2)7-14-18-15(19-20-14)11-8-13-12(17-9-11)4-6-21-13/h4,6,8-10,16H,3,5,7H2,1-2H3. The van der Waals surface area contributed by atoms with Gasteiger partial charge < -0.3 is 9.84 Å². The molecule has 6 heteroatoms. The van der Waals surface area contributed by atoms with Gasteiger partial charge in [-0.1, -0.05) is 12.1 Å². The van der Waals surface area contributed by atoms with E-state index >= 15 is 0 Å². The van der Waals surface area contributed by atoms with Crippen molar-refractivity contribution in [2.45, 2.75) is 32.7 Å². The Morgan fingerprint density at radius 3 is 3.19 bits per heavy atom. The van der Waals surface area contributed by atoms with E-state index in [1.807, 2.05) is 11.4 Å². The second kappa shape index (κ2) is 6.32. The maximum absolute atomic E-state index is 5.34. The molecule has 3 aromatic heterocycles. The molecule has 0 radical (unpaired) electrons. The molecule has 0 bridgehead atoms. The van der Waals surface area contributed by atoms with Crippen molar-refractivity contribution in [1.29, 1.82) is 0 Å². The Labute approximate surface area is 127 Å². The van der Waals surface area contributed by atoms with E-state index in [1.54, 1.807) is 17.5 Å². The van der Waals surface area contributed by atoms with Gasteiger partial charge in [-0.3, -0.25) is 4.98 Å². The number of nitrogens with one attached hydrogen (secondary N) is 1. The molecule has 5 nitrogen and oxygen atoms in total. The summed E-state index contributed by atoms with van der Waals surface area (Å²) in [5.41, 5.74) is 1.90. The van der Waals surface area contributed by atoms with Crippen molar-refractivity contribution < 1.29 is 4.52 Å². The Kier molecular flexibility index (Phi) is 4.26. The van der Waals surface area contributed by atoms with Gasteiger partial charge >= 0.3 is 0 Å². The Morgan fingerprint density at radius 2 is 2.33 bits per heavy atom. The van der Waals surface area contributed by atoms with Gasteiger partial charge in [0.15, 0.2) is 0 Å².